The topological polar surface area (TPSA) is 47.6 Å². The maximum absolute atomic E-state index is 12.8. The first-order chi connectivity index (χ1) is 13.4. The third-order valence-corrected chi connectivity index (χ3v) is 4.95. The molecule has 0 saturated carbocycles. The van der Waals surface area contributed by atoms with Gasteiger partial charge in [0.25, 0.3) is 0 Å². The molecule has 0 amide bonds. The molecule has 3 aromatic rings. The summed E-state index contributed by atoms with van der Waals surface area (Å²) in [5.74, 6) is 0. The van der Waals surface area contributed by atoms with Gasteiger partial charge in [0.2, 0.25) is 0 Å². The van der Waals surface area contributed by atoms with Gasteiger partial charge in [-0.15, -0.1) is 0 Å². The number of benzene rings is 1. The van der Waals surface area contributed by atoms with Gasteiger partial charge in [-0.2, -0.15) is 18.4 Å². The lowest BCUT2D eigenvalue weighted by Crippen LogP contribution is -2.46. The van der Waals surface area contributed by atoms with Crippen LogP contribution in [-0.4, -0.2) is 40.5 Å². The molecule has 0 radical (unpaired) electrons. The number of aromatic nitrogens is 2. The molecule has 28 heavy (non-hydrogen) atoms. The number of piperazine rings is 1. The molecule has 1 aromatic carbocycles. The molecule has 4 rings (SSSR count). The van der Waals surface area contributed by atoms with Crippen molar-refractivity contribution >= 4 is 11.3 Å². The number of fused-ring (bicyclic) bond motifs is 1. The van der Waals surface area contributed by atoms with Gasteiger partial charge in [-0.05, 0) is 29.8 Å². The number of alkyl halides is 3. The van der Waals surface area contributed by atoms with Gasteiger partial charge in [0.05, 0.1) is 17.3 Å². The standard InChI is InChI=1S/C20H18F3N5/c21-20(22,23)18-14-28-13-17(5-6-19(28)25-18)27-9-7-26(8-10-27)12-16-3-1-15(11-24)2-4-16/h1-6,13-14H,7-10,12H2. The van der Waals surface area contributed by atoms with Crippen molar-refractivity contribution in [2.75, 3.05) is 31.1 Å². The smallest absolute Gasteiger partial charge is 0.368 e. The SMILES string of the molecule is N#Cc1ccc(CN2CCN(c3ccc4nc(C(F)(F)F)cn4c3)CC2)cc1. The van der Waals surface area contributed by atoms with Gasteiger partial charge in [0, 0.05) is 45.1 Å². The minimum Gasteiger partial charge on any atom is -0.368 e. The highest BCUT2D eigenvalue weighted by molar-refractivity contribution is 5.53. The van der Waals surface area contributed by atoms with E-state index in [0.29, 0.717) is 5.56 Å². The minimum atomic E-state index is -4.44. The highest BCUT2D eigenvalue weighted by Crippen LogP contribution is 2.29. The zero-order valence-electron chi connectivity index (χ0n) is 15.0. The third kappa shape index (κ3) is 3.80. The van der Waals surface area contributed by atoms with E-state index in [4.69, 9.17) is 5.26 Å². The van der Waals surface area contributed by atoms with Gasteiger partial charge in [-0.1, -0.05) is 12.1 Å². The van der Waals surface area contributed by atoms with Gasteiger partial charge in [0.1, 0.15) is 5.65 Å². The second-order valence-corrected chi connectivity index (χ2v) is 6.85. The predicted octanol–water partition coefficient (Wildman–Crippen LogP) is 3.55. The Morgan fingerprint density at radius 2 is 1.68 bits per heavy atom. The number of halogens is 3. The first kappa shape index (κ1) is 18.3. The van der Waals surface area contributed by atoms with Crippen LogP contribution in [-0.2, 0) is 12.7 Å². The van der Waals surface area contributed by atoms with E-state index < -0.39 is 11.9 Å². The molecule has 0 bridgehead atoms. The Kier molecular flexibility index (Phi) is 4.69. The fourth-order valence-corrected chi connectivity index (χ4v) is 3.41. The molecular formula is C20H18F3N5. The number of nitrogens with zero attached hydrogens (tertiary/aromatic N) is 5. The van der Waals surface area contributed by atoms with E-state index in [-0.39, 0.29) is 5.65 Å². The number of anilines is 1. The van der Waals surface area contributed by atoms with Gasteiger partial charge < -0.3 is 9.30 Å². The van der Waals surface area contributed by atoms with E-state index in [9.17, 15) is 13.2 Å². The molecule has 0 N–H and O–H groups in total. The Hall–Kier alpha value is -3.05. The summed E-state index contributed by atoms with van der Waals surface area (Å²) in [5, 5.41) is 8.87. The highest BCUT2D eigenvalue weighted by Gasteiger charge is 2.34. The van der Waals surface area contributed by atoms with Crippen LogP contribution in [0.15, 0.2) is 48.8 Å². The molecule has 3 heterocycles. The zero-order chi connectivity index (χ0) is 19.7. The molecule has 5 nitrogen and oxygen atoms in total. The van der Waals surface area contributed by atoms with Crippen LogP contribution in [0.2, 0.25) is 0 Å². The lowest BCUT2D eigenvalue weighted by atomic mass is 10.1. The van der Waals surface area contributed by atoms with Crippen LogP contribution in [0.25, 0.3) is 5.65 Å². The molecule has 0 atom stereocenters. The summed E-state index contributed by atoms with van der Waals surface area (Å²) in [6.07, 6.45) is -1.71. The van der Waals surface area contributed by atoms with Crippen molar-refractivity contribution in [3.05, 3.63) is 65.6 Å². The Morgan fingerprint density at radius 1 is 0.964 bits per heavy atom. The lowest BCUT2D eigenvalue weighted by molar-refractivity contribution is -0.140. The first-order valence-corrected chi connectivity index (χ1v) is 8.95. The second-order valence-electron chi connectivity index (χ2n) is 6.85. The van der Waals surface area contributed by atoms with E-state index in [1.54, 1.807) is 12.3 Å². The molecule has 0 spiro atoms. The summed E-state index contributed by atoms with van der Waals surface area (Å²) in [7, 11) is 0. The molecule has 2 aromatic heterocycles. The number of hydrogen-bond donors (Lipinski definition) is 0. The summed E-state index contributed by atoms with van der Waals surface area (Å²) in [4.78, 5) is 8.13. The van der Waals surface area contributed by atoms with Crippen LogP contribution in [0.1, 0.15) is 16.8 Å². The summed E-state index contributed by atoms with van der Waals surface area (Å²) in [6, 6.07) is 13.1. The molecule has 0 aliphatic carbocycles. The van der Waals surface area contributed by atoms with Gasteiger partial charge >= 0.3 is 6.18 Å². The molecule has 144 valence electrons. The summed E-state index contributed by atoms with van der Waals surface area (Å²) in [5.41, 5.74) is 2.10. The fraction of sp³-hybridized carbons (Fsp3) is 0.300. The van der Waals surface area contributed by atoms with Crippen LogP contribution < -0.4 is 4.90 Å². The second kappa shape index (κ2) is 7.17. The van der Waals surface area contributed by atoms with Gasteiger partial charge in [-0.25, -0.2) is 4.98 Å². The Morgan fingerprint density at radius 3 is 2.32 bits per heavy atom. The van der Waals surface area contributed by atoms with Crippen molar-refractivity contribution in [3.8, 4) is 6.07 Å². The molecule has 8 heteroatoms. The zero-order valence-corrected chi connectivity index (χ0v) is 15.0. The normalized spacial score (nSPS) is 15.7. The minimum absolute atomic E-state index is 0.288. The number of imidazole rings is 1. The molecule has 1 fully saturated rings. The largest absolute Gasteiger partial charge is 0.434 e. The maximum atomic E-state index is 12.8. The number of hydrogen-bond acceptors (Lipinski definition) is 4. The maximum Gasteiger partial charge on any atom is 0.434 e. The van der Waals surface area contributed by atoms with Crippen LogP contribution in [0.4, 0.5) is 18.9 Å². The molecule has 0 unspecified atom stereocenters. The average Bonchev–Trinajstić information content (AvgIpc) is 3.13. The fourth-order valence-electron chi connectivity index (χ4n) is 3.41. The van der Waals surface area contributed by atoms with E-state index in [0.717, 1.165) is 50.2 Å². The quantitative estimate of drug-likeness (QED) is 0.692. The average molecular weight is 385 g/mol. The number of nitriles is 1. The molecular weight excluding hydrogens is 367 g/mol. The van der Waals surface area contributed by atoms with E-state index in [1.807, 2.05) is 30.3 Å². The highest BCUT2D eigenvalue weighted by atomic mass is 19.4. The Balaban J connectivity index is 1.41. The Bertz CT molecular complexity index is 1010. The van der Waals surface area contributed by atoms with E-state index >= 15 is 0 Å². The first-order valence-electron chi connectivity index (χ1n) is 8.95. The van der Waals surface area contributed by atoms with Crippen molar-refractivity contribution in [1.82, 2.24) is 14.3 Å². The lowest BCUT2D eigenvalue weighted by Gasteiger charge is -2.36. The molecule has 1 saturated heterocycles. The van der Waals surface area contributed by atoms with E-state index in [2.05, 4.69) is 20.9 Å². The molecule has 1 aliphatic rings. The van der Waals surface area contributed by atoms with Crippen LogP contribution in [0.5, 0.6) is 0 Å². The summed E-state index contributed by atoms with van der Waals surface area (Å²) >= 11 is 0. The summed E-state index contributed by atoms with van der Waals surface area (Å²) in [6.45, 7) is 4.12. The Labute approximate surface area is 160 Å². The summed E-state index contributed by atoms with van der Waals surface area (Å²) < 4.78 is 39.9. The van der Waals surface area contributed by atoms with Crippen molar-refractivity contribution in [2.24, 2.45) is 0 Å². The van der Waals surface area contributed by atoms with Crippen molar-refractivity contribution in [2.45, 2.75) is 12.7 Å². The third-order valence-electron chi connectivity index (χ3n) is 4.95. The van der Waals surface area contributed by atoms with Gasteiger partial charge in [-0.3, -0.25) is 4.90 Å². The monoisotopic (exact) mass is 385 g/mol. The van der Waals surface area contributed by atoms with Crippen molar-refractivity contribution < 1.29 is 13.2 Å². The van der Waals surface area contributed by atoms with E-state index in [1.165, 1.54) is 4.40 Å². The molecule has 1 aliphatic heterocycles. The van der Waals surface area contributed by atoms with Crippen LogP contribution >= 0.6 is 0 Å². The number of rotatable bonds is 3. The predicted molar refractivity (Wildman–Crippen MR) is 98.8 cm³/mol. The van der Waals surface area contributed by atoms with Crippen LogP contribution in [0.3, 0.4) is 0 Å². The number of pyridine rings is 1. The van der Waals surface area contributed by atoms with Crippen molar-refractivity contribution in [3.63, 3.8) is 0 Å². The van der Waals surface area contributed by atoms with Crippen LogP contribution in [0, 0.1) is 11.3 Å². The van der Waals surface area contributed by atoms with Crippen molar-refractivity contribution in [1.29, 1.82) is 5.26 Å². The van der Waals surface area contributed by atoms with Gasteiger partial charge in [0.15, 0.2) is 5.69 Å².